The molecule has 3 nitrogen and oxygen atoms in total. The fourth-order valence-corrected chi connectivity index (χ4v) is 3.29. The van der Waals surface area contributed by atoms with Gasteiger partial charge in [-0.05, 0) is 49.7 Å². The Kier molecular flexibility index (Phi) is 7.75. The van der Waals surface area contributed by atoms with Crippen LogP contribution in [0.15, 0.2) is 0 Å². The van der Waals surface area contributed by atoms with Gasteiger partial charge in [0.2, 0.25) is 5.91 Å². The number of carbonyl (C=O) groups is 1. The van der Waals surface area contributed by atoms with E-state index in [0.717, 1.165) is 31.4 Å². The van der Waals surface area contributed by atoms with E-state index >= 15 is 0 Å². The van der Waals surface area contributed by atoms with Gasteiger partial charge < -0.3 is 10.4 Å². The third kappa shape index (κ3) is 6.64. The second kappa shape index (κ2) is 8.81. The van der Waals surface area contributed by atoms with Crippen molar-refractivity contribution < 1.29 is 9.90 Å². The fraction of sp³-hybridized carbons (Fsp3) is 0.929. The van der Waals surface area contributed by atoms with Crippen molar-refractivity contribution >= 4 is 17.7 Å². The molecule has 0 aromatic carbocycles. The minimum Gasteiger partial charge on any atom is -0.396 e. The molecule has 0 aromatic heterocycles. The lowest BCUT2D eigenvalue weighted by atomic mass is 9.86. The van der Waals surface area contributed by atoms with Crippen LogP contribution in [0.2, 0.25) is 0 Å². The summed E-state index contributed by atoms with van der Waals surface area (Å²) in [4.78, 5) is 11.7. The quantitative estimate of drug-likeness (QED) is 0.700. The van der Waals surface area contributed by atoms with Crippen LogP contribution in [-0.2, 0) is 4.79 Å². The van der Waals surface area contributed by atoms with E-state index in [2.05, 4.69) is 19.2 Å². The fourth-order valence-electron chi connectivity index (χ4n) is 2.24. The molecule has 106 valence electrons. The average Bonchev–Trinajstić information content (AvgIpc) is 2.35. The Bertz CT molecular complexity index is 238. The van der Waals surface area contributed by atoms with Gasteiger partial charge in [-0.15, -0.1) is 0 Å². The van der Waals surface area contributed by atoms with Crippen LogP contribution >= 0.6 is 11.8 Å². The van der Waals surface area contributed by atoms with Crippen molar-refractivity contribution in [1.82, 2.24) is 5.32 Å². The molecule has 0 atom stereocenters. The van der Waals surface area contributed by atoms with Gasteiger partial charge in [0, 0.05) is 12.6 Å². The Balaban J connectivity index is 2.06. The second-order valence-corrected chi connectivity index (χ2v) is 6.81. The highest BCUT2D eigenvalue weighted by molar-refractivity contribution is 7.99. The Labute approximate surface area is 115 Å². The molecule has 1 amide bonds. The summed E-state index contributed by atoms with van der Waals surface area (Å²) in [6.07, 6.45) is 5.31. The van der Waals surface area contributed by atoms with Gasteiger partial charge in [0.05, 0.1) is 5.75 Å². The van der Waals surface area contributed by atoms with Gasteiger partial charge in [-0.25, -0.2) is 0 Å². The molecule has 2 N–H and O–H groups in total. The molecule has 18 heavy (non-hydrogen) atoms. The zero-order valence-electron chi connectivity index (χ0n) is 11.7. The maximum absolute atomic E-state index is 11.7. The largest absolute Gasteiger partial charge is 0.396 e. The minimum atomic E-state index is 0.177. The lowest BCUT2D eigenvalue weighted by Gasteiger charge is -2.27. The molecule has 0 aromatic rings. The highest BCUT2D eigenvalue weighted by Gasteiger charge is 2.21. The summed E-state index contributed by atoms with van der Waals surface area (Å²) in [5.41, 5.74) is 0. The van der Waals surface area contributed by atoms with E-state index in [1.54, 1.807) is 11.8 Å². The predicted molar refractivity (Wildman–Crippen MR) is 77.8 cm³/mol. The monoisotopic (exact) mass is 273 g/mol. The van der Waals surface area contributed by atoms with Gasteiger partial charge >= 0.3 is 0 Å². The summed E-state index contributed by atoms with van der Waals surface area (Å²) < 4.78 is 0. The van der Waals surface area contributed by atoms with Gasteiger partial charge in [0.15, 0.2) is 0 Å². The van der Waals surface area contributed by atoms with Crippen molar-refractivity contribution in [2.24, 2.45) is 11.8 Å². The summed E-state index contributed by atoms with van der Waals surface area (Å²) >= 11 is 1.73. The molecule has 1 aliphatic rings. The van der Waals surface area contributed by atoms with E-state index in [4.69, 9.17) is 5.11 Å². The second-order valence-electron chi connectivity index (χ2n) is 5.70. The molecular weight excluding hydrogens is 246 g/mol. The number of nitrogens with one attached hydrogen (secondary N) is 1. The predicted octanol–water partition coefficient (Wildman–Crippen LogP) is 2.43. The van der Waals surface area contributed by atoms with Gasteiger partial charge in [-0.2, -0.15) is 11.8 Å². The summed E-state index contributed by atoms with van der Waals surface area (Å²) in [6, 6.07) is 0.339. The number of thioether (sulfide) groups is 1. The lowest BCUT2D eigenvalue weighted by Crippen LogP contribution is -2.39. The van der Waals surface area contributed by atoms with Gasteiger partial charge in [0.1, 0.15) is 0 Å². The number of carbonyl (C=O) groups excluding carboxylic acids is 1. The topological polar surface area (TPSA) is 49.3 Å². The molecule has 0 saturated heterocycles. The van der Waals surface area contributed by atoms with E-state index in [1.807, 2.05) is 0 Å². The molecule has 1 fully saturated rings. The molecule has 1 rings (SSSR count). The first-order valence-corrected chi connectivity index (χ1v) is 8.25. The van der Waals surface area contributed by atoms with Gasteiger partial charge in [-0.1, -0.05) is 13.8 Å². The van der Waals surface area contributed by atoms with Crippen molar-refractivity contribution in [3.05, 3.63) is 0 Å². The Morgan fingerprint density at radius 3 is 2.56 bits per heavy atom. The molecular formula is C14H27NO2S. The van der Waals surface area contributed by atoms with Crippen molar-refractivity contribution in [2.75, 3.05) is 18.1 Å². The molecule has 0 aliphatic heterocycles. The Morgan fingerprint density at radius 1 is 1.33 bits per heavy atom. The van der Waals surface area contributed by atoms with Crippen LogP contribution < -0.4 is 5.32 Å². The molecule has 1 saturated carbocycles. The van der Waals surface area contributed by atoms with Crippen molar-refractivity contribution in [3.63, 3.8) is 0 Å². The van der Waals surface area contributed by atoms with Gasteiger partial charge in [-0.3, -0.25) is 4.79 Å². The number of rotatable bonds is 7. The smallest absolute Gasteiger partial charge is 0.230 e. The van der Waals surface area contributed by atoms with Crippen molar-refractivity contribution in [1.29, 1.82) is 0 Å². The minimum absolute atomic E-state index is 0.177. The van der Waals surface area contributed by atoms with E-state index in [0.29, 0.717) is 30.2 Å². The standard InChI is InChI=1S/C14H27NO2S/c1-11(2)7-8-18-10-14(17)15-13-5-3-12(9-16)4-6-13/h11-13,16H,3-10H2,1-2H3,(H,15,17). The highest BCUT2D eigenvalue weighted by atomic mass is 32.2. The lowest BCUT2D eigenvalue weighted by molar-refractivity contribution is -0.119. The van der Waals surface area contributed by atoms with E-state index in [-0.39, 0.29) is 5.91 Å². The van der Waals surface area contributed by atoms with Crippen LogP contribution in [0.25, 0.3) is 0 Å². The van der Waals surface area contributed by atoms with Crippen molar-refractivity contribution in [3.8, 4) is 0 Å². The normalized spacial score (nSPS) is 24.2. The van der Waals surface area contributed by atoms with E-state index < -0.39 is 0 Å². The molecule has 0 spiro atoms. The maximum Gasteiger partial charge on any atom is 0.230 e. The average molecular weight is 273 g/mol. The molecule has 0 radical (unpaired) electrons. The summed E-state index contributed by atoms with van der Waals surface area (Å²) in [6.45, 7) is 4.71. The third-order valence-electron chi connectivity index (χ3n) is 3.54. The zero-order chi connectivity index (χ0) is 13.4. The molecule has 0 heterocycles. The molecule has 1 aliphatic carbocycles. The van der Waals surface area contributed by atoms with Crippen LogP contribution in [0.3, 0.4) is 0 Å². The summed E-state index contributed by atoms with van der Waals surface area (Å²) in [5, 5.41) is 12.2. The summed E-state index contributed by atoms with van der Waals surface area (Å²) in [5.74, 6) is 3.01. The summed E-state index contributed by atoms with van der Waals surface area (Å²) in [7, 11) is 0. The number of hydrogen-bond donors (Lipinski definition) is 2. The maximum atomic E-state index is 11.7. The number of amides is 1. The van der Waals surface area contributed by atoms with Gasteiger partial charge in [0.25, 0.3) is 0 Å². The van der Waals surface area contributed by atoms with Crippen LogP contribution in [0.4, 0.5) is 0 Å². The van der Waals surface area contributed by atoms with Crippen LogP contribution in [-0.4, -0.2) is 35.2 Å². The first kappa shape index (κ1) is 15.8. The SMILES string of the molecule is CC(C)CCSCC(=O)NC1CCC(CO)CC1. The number of aliphatic hydroxyl groups excluding tert-OH is 1. The first-order chi connectivity index (χ1) is 8.61. The number of aliphatic hydroxyl groups is 1. The van der Waals surface area contributed by atoms with E-state index in [9.17, 15) is 4.79 Å². The van der Waals surface area contributed by atoms with Crippen LogP contribution in [0, 0.1) is 11.8 Å². The van der Waals surface area contributed by atoms with E-state index in [1.165, 1.54) is 6.42 Å². The number of hydrogen-bond acceptors (Lipinski definition) is 3. The van der Waals surface area contributed by atoms with Crippen LogP contribution in [0.1, 0.15) is 46.0 Å². The molecule has 0 bridgehead atoms. The van der Waals surface area contributed by atoms with Crippen LogP contribution in [0.5, 0.6) is 0 Å². The first-order valence-electron chi connectivity index (χ1n) is 7.09. The zero-order valence-corrected chi connectivity index (χ0v) is 12.5. The Hall–Kier alpha value is -0.220. The highest BCUT2D eigenvalue weighted by Crippen LogP contribution is 2.23. The van der Waals surface area contributed by atoms with Crippen molar-refractivity contribution in [2.45, 2.75) is 52.0 Å². The Morgan fingerprint density at radius 2 is 2.00 bits per heavy atom. The third-order valence-corrected chi connectivity index (χ3v) is 4.53. The molecule has 0 unspecified atom stereocenters. The molecule has 4 heteroatoms.